The Hall–Kier alpha value is -2.98. The number of thiophene rings is 1. The van der Waals surface area contributed by atoms with Crippen LogP contribution in [-0.2, 0) is 17.9 Å². The molecule has 0 spiro atoms. The fourth-order valence-corrected chi connectivity index (χ4v) is 2.98. The van der Waals surface area contributed by atoms with Gasteiger partial charge in [0.1, 0.15) is 4.83 Å². The first kappa shape index (κ1) is 15.9. The van der Waals surface area contributed by atoms with Crippen LogP contribution in [0.25, 0.3) is 10.2 Å². The van der Waals surface area contributed by atoms with Crippen LogP contribution >= 0.6 is 11.3 Å². The highest BCUT2D eigenvalue weighted by Gasteiger charge is 2.07. The van der Waals surface area contributed by atoms with Gasteiger partial charge in [-0.25, -0.2) is 4.98 Å². The Morgan fingerprint density at radius 1 is 1.29 bits per heavy atom. The highest BCUT2D eigenvalue weighted by Crippen LogP contribution is 2.13. The molecule has 3 aromatic rings. The highest BCUT2D eigenvalue weighted by molar-refractivity contribution is 7.16. The summed E-state index contributed by atoms with van der Waals surface area (Å²) in [7, 11) is 0. The molecule has 0 aliphatic rings. The van der Waals surface area contributed by atoms with Crippen molar-refractivity contribution in [2.75, 3.05) is 0 Å². The van der Waals surface area contributed by atoms with Crippen LogP contribution in [0.1, 0.15) is 17.5 Å². The molecule has 0 radical (unpaired) electrons. The van der Waals surface area contributed by atoms with Crippen molar-refractivity contribution in [1.82, 2.24) is 14.9 Å². The highest BCUT2D eigenvalue weighted by atomic mass is 32.1. The number of carbonyl (C=O) groups is 1. The molecule has 0 saturated carbocycles. The minimum atomic E-state index is -0.142. The number of aromatic nitrogens is 2. The predicted molar refractivity (Wildman–Crippen MR) is 91.5 cm³/mol. The summed E-state index contributed by atoms with van der Waals surface area (Å²) in [5.74, 6) is -0.142. The Morgan fingerprint density at radius 2 is 2.08 bits per heavy atom. The van der Waals surface area contributed by atoms with E-state index in [9.17, 15) is 9.59 Å². The molecule has 6 nitrogen and oxygen atoms in total. The average molecular weight is 338 g/mol. The summed E-state index contributed by atoms with van der Waals surface area (Å²) in [6.45, 7) is 0.679. The van der Waals surface area contributed by atoms with E-state index in [-0.39, 0.29) is 24.4 Å². The molecular formula is C17H14N4O2S. The Bertz CT molecular complexity index is 967. The lowest BCUT2D eigenvalue weighted by Crippen LogP contribution is -2.27. The van der Waals surface area contributed by atoms with Crippen LogP contribution in [0.15, 0.2) is 46.8 Å². The van der Waals surface area contributed by atoms with E-state index in [1.165, 1.54) is 22.2 Å². The van der Waals surface area contributed by atoms with E-state index >= 15 is 0 Å². The normalized spacial score (nSPS) is 10.5. The van der Waals surface area contributed by atoms with E-state index in [0.717, 1.165) is 5.56 Å². The van der Waals surface area contributed by atoms with Gasteiger partial charge in [-0.1, -0.05) is 12.1 Å². The van der Waals surface area contributed by atoms with E-state index in [2.05, 4.69) is 10.3 Å². The third-order valence-electron chi connectivity index (χ3n) is 3.60. The fourth-order valence-electron chi connectivity index (χ4n) is 2.26. The number of nitriles is 1. The van der Waals surface area contributed by atoms with Gasteiger partial charge in [0.25, 0.3) is 5.56 Å². The minimum Gasteiger partial charge on any atom is -0.352 e. The van der Waals surface area contributed by atoms with Crippen molar-refractivity contribution in [3.8, 4) is 6.07 Å². The summed E-state index contributed by atoms with van der Waals surface area (Å²) in [6, 6.07) is 10.8. The molecule has 0 saturated heterocycles. The summed E-state index contributed by atoms with van der Waals surface area (Å²) >= 11 is 1.42. The van der Waals surface area contributed by atoms with E-state index in [1.807, 2.05) is 11.4 Å². The van der Waals surface area contributed by atoms with E-state index in [1.54, 1.807) is 30.3 Å². The molecule has 0 unspecified atom stereocenters. The van der Waals surface area contributed by atoms with E-state index in [0.29, 0.717) is 22.3 Å². The minimum absolute atomic E-state index is 0.124. The molecule has 3 rings (SSSR count). The van der Waals surface area contributed by atoms with Gasteiger partial charge in [0.15, 0.2) is 0 Å². The van der Waals surface area contributed by atoms with Crippen molar-refractivity contribution in [2.45, 2.75) is 19.5 Å². The van der Waals surface area contributed by atoms with Crippen LogP contribution in [0.3, 0.4) is 0 Å². The molecule has 1 amide bonds. The first-order valence-electron chi connectivity index (χ1n) is 7.36. The molecule has 24 heavy (non-hydrogen) atoms. The SMILES string of the molecule is N#Cc1ccc(CNC(=O)CCn2cnc3sccc3c2=O)cc1. The number of hydrogen-bond donors (Lipinski definition) is 1. The maximum atomic E-state index is 12.2. The van der Waals surface area contributed by atoms with Crippen molar-refractivity contribution in [3.63, 3.8) is 0 Å². The van der Waals surface area contributed by atoms with Gasteiger partial charge >= 0.3 is 0 Å². The van der Waals surface area contributed by atoms with Gasteiger partial charge in [-0.15, -0.1) is 11.3 Å². The van der Waals surface area contributed by atoms with Crippen LogP contribution in [0.2, 0.25) is 0 Å². The molecule has 1 N–H and O–H groups in total. The zero-order chi connectivity index (χ0) is 16.9. The summed E-state index contributed by atoms with van der Waals surface area (Å²) in [5, 5.41) is 14.0. The summed E-state index contributed by atoms with van der Waals surface area (Å²) in [5.41, 5.74) is 1.38. The molecular weight excluding hydrogens is 324 g/mol. The van der Waals surface area contributed by atoms with E-state index < -0.39 is 0 Å². The molecule has 0 fully saturated rings. The monoisotopic (exact) mass is 338 g/mol. The fraction of sp³-hybridized carbons (Fsp3) is 0.176. The second-order valence-corrected chi connectivity index (χ2v) is 6.11. The van der Waals surface area contributed by atoms with Crippen molar-refractivity contribution in [1.29, 1.82) is 5.26 Å². The zero-order valence-electron chi connectivity index (χ0n) is 12.7. The van der Waals surface area contributed by atoms with Gasteiger partial charge in [0, 0.05) is 19.5 Å². The van der Waals surface area contributed by atoms with Gasteiger partial charge < -0.3 is 5.32 Å². The van der Waals surface area contributed by atoms with Crippen LogP contribution in [0, 0.1) is 11.3 Å². The first-order chi connectivity index (χ1) is 11.7. The summed E-state index contributed by atoms with van der Waals surface area (Å²) < 4.78 is 1.45. The van der Waals surface area contributed by atoms with Crippen LogP contribution in [0.5, 0.6) is 0 Å². The smallest absolute Gasteiger partial charge is 0.262 e. The number of amides is 1. The van der Waals surface area contributed by atoms with Crippen molar-refractivity contribution < 1.29 is 4.79 Å². The molecule has 2 aromatic heterocycles. The van der Waals surface area contributed by atoms with Gasteiger partial charge in [-0.3, -0.25) is 14.2 Å². The van der Waals surface area contributed by atoms with Gasteiger partial charge in [0.05, 0.1) is 23.3 Å². The van der Waals surface area contributed by atoms with Crippen LogP contribution < -0.4 is 10.9 Å². The lowest BCUT2D eigenvalue weighted by Gasteiger charge is -2.07. The van der Waals surface area contributed by atoms with Crippen molar-refractivity contribution in [3.05, 3.63) is 63.5 Å². The number of nitrogens with one attached hydrogen (secondary N) is 1. The summed E-state index contributed by atoms with van der Waals surface area (Å²) in [4.78, 5) is 29.1. The largest absolute Gasteiger partial charge is 0.352 e. The molecule has 1 aromatic carbocycles. The Labute approximate surface area is 142 Å². The Balaban J connectivity index is 1.55. The lowest BCUT2D eigenvalue weighted by atomic mass is 10.1. The maximum Gasteiger partial charge on any atom is 0.262 e. The zero-order valence-corrected chi connectivity index (χ0v) is 13.5. The molecule has 120 valence electrons. The predicted octanol–water partition coefficient (Wildman–Crippen LogP) is 2.04. The Kier molecular flexibility index (Phi) is 4.68. The second kappa shape index (κ2) is 7.06. The number of aryl methyl sites for hydroxylation is 1. The molecule has 2 heterocycles. The maximum absolute atomic E-state index is 12.2. The third-order valence-corrected chi connectivity index (χ3v) is 4.42. The quantitative estimate of drug-likeness (QED) is 0.771. The Morgan fingerprint density at radius 3 is 2.83 bits per heavy atom. The van der Waals surface area contributed by atoms with Crippen molar-refractivity contribution in [2.24, 2.45) is 0 Å². The molecule has 0 atom stereocenters. The summed E-state index contributed by atoms with van der Waals surface area (Å²) in [6.07, 6.45) is 1.68. The third kappa shape index (κ3) is 3.50. The molecule has 0 aliphatic heterocycles. The number of carbonyl (C=O) groups excluding carboxylic acids is 1. The standard InChI is InChI=1S/C17H14N4O2S/c18-9-12-1-3-13(4-2-12)10-19-15(22)5-7-21-11-20-16-14(17(21)23)6-8-24-16/h1-4,6,8,11H,5,7,10H2,(H,19,22). The molecule has 0 aliphatic carbocycles. The van der Waals surface area contributed by atoms with Crippen LogP contribution in [-0.4, -0.2) is 15.5 Å². The first-order valence-corrected chi connectivity index (χ1v) is 8.24. The number of benzene rings is 1. The van der Waals surface area contributed by atoms with Crippen LogP contribution in [0.4, 0.5) is 0 Å². The average Bonchev–Trinajstić information content (AvgIpc) is 3.09. The van der Waals surface area contributed by atoms with Gasteiger partial charge in [-0.2, -0.15) is 5.26 Å². The second-order valence-electron chi connectivity index (χ2n) is 5.22. The number of hydrogen-bond acceptors (Lipinski definition) is 5. The molecule has 7 heteroatoms. The van der Waals surface area contributed by atoms with Gasteiger partial charge in [-0.05, 0) is 29.1 Å². The lowest BCUT2D eigenvalue weighted by molar-refractivity contribution is -0.121. The topological polar surface area (TPSA) is 87.8 Å². The molecule has 0 bridgehead atoms. The van der Waals surface area contributed by atoms with E-state index in [4.69, 9.17) is 5.26 Å². The number of nitrogens with zero attached hydrogens (tertiary/aromatic N) is 3. The number of rotatable bonds is 5. The van der Waals surface area contributed by atoms with Crippen molar-refractivity contribution >= 4 is 27.5 Å². The number of fused-ring (bicyclic) bond motifs is 1. The van der Waals surface area contributed by atoms with Gasteiger partial charge in [0.2, 0.25) is 5.91 Å².